The van der Waals surface area contributed by atoms with E-state index in [0.29, 0.717) is 12.1 Å². The first-order chi connectivity index (χ1) is 5.52. The number of alkyl halides is 1. The van der Waals surface area contributed by atoms with Crippen LogP contribution in [-0.4, -0.2) is 0 Å². The van der Waals surface area contributed by atoms with E-state index in [4.69, 9.17) is 0 Å². The second-order valence-corrected chi connectivity index (χ2v) is 3.77. The van der Waals surface area contributed by atoms with Gasteiger partial charge in [0.1, 0.15) is 17.5 Å². The van der Waals surface area contributed by atoms with Crippen molar-refractivity contribution in [1.29, 1.82) is 0 Å². The second-order valence-electron chi connectivity index (χ2n) is 2.40. The van der Waals surface area contributed by atoms with E-state index < -0.39 is 22.3 Å². The molecule has 0 aromatic heterocycles. The Kier molecular flexibility index (Phi) is 2.77. The fourth-order valence-corrected chi connectivity index (χ4v) is 1.37. The van der Waals surface area contributed by atoms with Crippen LogP contribution in [0.25, 0.3) is 0 Å². The summed E-state index contributed by atoms with van der Waals surface area (Å²) in [6, 6.07) is 1.33. The molecule has 0 bridgehead atoms. The van der Waals surface area contributed by atoms with Crippen LogP contribution in [0.5, 0.6) is 0 Å². The summed E-state index contributed by atoms with van der Waals surface area (Å²) in [6.07, 6.45) is 0. The summed E-state index contributed by atoms with van der Waals surface area (Å²) in [6.45, 7) is 1.57. The Morgan fingerprint density at radius 3 is 1.92 bits per heavy atom. The molecule has 0 nitrogen and oxygen atoms in total. The highest BCUT2D eigenvalue weighted by atomic mass is 79.9. The third-order valence-electron chi connectivity index (χ3n) is 1.44. The van der Waals surface area contributed by atoms with Gasteiger partial charge in [-0.05, 0) is 6.92 Å². The standard InChI is InChI=1S/C8H6BrF3/c1-4(9)8-6(11)2-5(10)3-7(8)12/h2-4H,1H3. The fourth-order valence-electron chi connectivity index (χ4n) is 0.933. The minimum Gasteiger partial charge on any atom is -0.207 e. The summed E-state index contributed by atoms with van der Waals surface area (Å²) in [5, 5.41) is 0. The first kappa shape index (κ1) is 9.58. The first-order valence-corrected chi connectivity index (χ1v) is 4.22. The van der Waals surface area contributed by atoms with E-state index in [-0.39, 0.29) is 5.56 Å². The molecule has 0 saturated heterocycles. The van der Waals surface area contributed by atoms with E-state index in [2.05, 4.69) is 15.9 Å². The van der Waals surface area contributed by atoms with Crippen molar-refractivity contribution in [3.63, 3.8) is 0 Å². The SMILES string of the molecule is CC(Br)c1c(F)cc(F)cc1F. The molecule has 0 aliphatic carbocycles. The molecule has 0 amide bonds. The molecule has 12 heavy (non-hydrogen) atoms. The van der Waals surface area contributed by atoms with Gasteiger partial charge in [-0.15, -0.1) is 0 Å². The number of hydrogen-bond donors (Lipinski definition) is 0. The summed E-state index contributed by atoms with van der Waals surface area (Å²) in [5.74, 6) is -2.63. The molecule has 1 aromatic rings. The molecule has 66 valence electrons. The Balaban J connectivity index is 3.28. The van der Waals surface area contributed by atoms with Gasteiger partial charge in [-0.2, -0.15) is 0 Å². The van der Waals surface area contributed by atoms with Crippen molar-refractivity contribution in [3.05, 3.63) is 35.1 Å². The second kappa shape index (κ2) is 3.47. The summed E-state index contributed by atoms with van der Waals surface area (Å²) in [5.41, 5.74) is -0.142. The lowest BCUT2D eigenvalue weighted by Crippen LogP contribution is -1.97. The molecule has 0 radical (unpaired) electrons. The molecular weight excluding hydrogens is 233 g/mol. The first-order valence-electron chi connectivity index (χ1n) is 3.31. The molecule has 0 heterocycles. The summed E-state index contributed by atoms with van der Waals surface area (Å²) >= 11 is 3.01. The lowest BCUT2D eigenvalue weighted by molar-refractivity contribution is 0.525. The number of halogens is 4. The Hall–Kier alpha value is -0.510. The van der Waals surface area contributed by atoms with Crippen LogP contribution in [0.1, 0.15) is 17.3 Å². The van der Waals surface area contributed by atoms with Crippen LogP contribution < -0.4 is 0 Å². The van der Waals surface area contributed by atoms with Gasteiger partial charge in [-0.25, -0.2) is 13.2 Å². The maximum atomic E-state index is 12.9. The minimum atomic E-state index is -0.901. The largest absolute Gasteiger partial charge is 0.207 e. The van der Waals surface area contributed by atoms with Crippen LogP contribution in [0.4, 0.5) is 13.2 Å². The topological polar surface area (TPSA) is 0 Å². The van der Waals surface area contributed by atoms with Gasteiger partial charge in [-0.3, -0.25) is 0 Å². The van der Waals surface area contributed by atoms with Crippen molar-refractivity contribution < 1.29 is 13.2 Å². The van der Waals surface area contributed by atoms with Crippen molar-refractivity contribution >= 4 is 15.9 Å². The zero-order chi connectivity index (χ0) is 9.30. The summed E-state index contributed by atoms with van der Waals surface area (Å²) in [4.78, 5) is -0.460. The highest BCUT2D eigenvalue weighted by Gasteiger charge is 2.14. The Labute approximate surface area is 76.5 Å². The molecular formula is C8H6BrF3. The lowest BCUT2D eigenvalue weighted by atomic mass is 10.1. The van der Waals surface area contributed by atoms with Crippen LogP contribution in [0.15, 0.2) is 12.1 Å². The number of benzene rings is 1. The molecule has 0 N–H and O–H groups in total. The van der Waals surface area contributed by atoms with Gasteiger partial charge in [0.15, 0.2) is 0 Å². The maximum absolute atomic E-state index is 12.9. The van der Waals surface area contributed by atoms with E-state index in [1.807, 2.05) is 0 Å². The molecule has 1 unspecified atom stereocenters. The monoisotopic (exact) mass is 238 g/mol. The smallest absolute Gasteiger partial charge is 0.133 e. The molecule has 1 atom stereocenters. The molecule has 0 aliphatic heterocycles. The molecule has 4 heteroatoms. The third kappa shape index (κ3) is 1.80. The van der Waals surface area contributed by atoms with Crippen molar-refractivity contribution in [2.45, 2.75) is 11.8 Å². The van der Waals surface area contributed by atoms with E-state index in [1.165, 1.54) is 0 Å². The van der Waals surface area contributed by atoms with Gasteiger partial charge in [0.25, 0.3) is 0 Å². The molecule has 1 rings (SSSR count). The molecule has 1 aromatic carbocycles. The van der Waals surface area contributed by atoms with Crippen LogP contribution in [0.3, 0.4) is 0 Å². The van der Waals surface area contributed by atoms with E-state index in [9.17, 15) is 13.2 Å². The van der Waals surface area contributed by atoms with Crippen molar-refractivity contribution in [2.24, 2.45) is 0 Å². The molecule has 0 saturated carbocycles. The van der Waals surface area contributed by atoms with E-state index in [1.54, 1.807) is 6.92 Å². The Bertz CT molecular complexity index is 273. The highest BCUT2D eigenvalue weighted by molar-refractivity contribution is 9.09. The van der Waals surface area contributed by atoms with Gasteiger partial charge in [0.05, 0.1) is 0 Å². The Morgan fingerprint density at radius 1 is 1.17 bits per heavy atom. The van der Waals surface area contributed by atoms with Gasteiger partial charge < -0.3 is 0 Å². The highest BCUT2D eigenvalue weighted by Crippen LogP contribution is 2.27. The van der Waals surface area contributed by atoms with Crippen LogP contribution in [0, 0.1) is 17.5 Å². The maximum Gasteiger partial charge on any atom is 0.133 e. The normalized spacial score (nSPS) is 13.1. The van der Waals surface area contributed by atoms with Gasteiger partial charge >= 0.3 is 0 Å². The van der Waals surface area contributed by atoms with Gasteiger partial charge in [0.2, 0.25) is 0 Å². The average Bonchev–Trinajstić information content (AvgIpc) is 1.82. The lowest BCUT2D eigenvalue weighted by Gasteiger charge is -2.06. The molecule has 0 spiro atoms. The average molecular weight is 239 g/mol. The fraction of sp³-hybridized carbons (Fsp3) is 0.250. The van der Waals surface area contributed by atoms with E-state index in [0.717, 1.165) is 0 Å². The molecule has 0 aliphatic rings. The minimum absolute atomic E-state index is 0.142. The third-order valence-corrected chi connectivity index (χ3v) is 1.90. The van der Waals surface area contributed by atoms with Gasteiger partial charge in [-0.1, -0.05) is 15.9 Å². The summed E-state index contributed by atoms with van der Waals surface area (Å²) < 4.78 is 38.1. The van der Waals surface area contributed by atoms with E-state index >= 15 is 0 Å². The predicted octanol–water partition coefficient (Wildman–Crippen LogP) is 3.56. The zero-order valence-corrected chi connectivity index (χ0v) is 7.83. The van der Waals surface area contributed by atoms with Gasteiger partial charge in [0, 0.05) is 22.5 Å². The van der Waals surface area contributed by atoms with Crippen molar-refractivity contribution in [3.8, 4) is 0 Å². The zero-order valence-electron chi connectivity index (χ0n) is 6.24. The number of hydrogen-bond acceptors (Lipinski definition) is 0. The van der Waals surface area contributed by atoms with Crippen molar-refractivity contribution in [1.82, 2.24) is 0 Å². The number of rotatable bonds is 1. The molecule has 0 fully saturated rings. The van der Waals surface area contributed by atoms with Crippen LogP contribution >= 0.6 is 15.9 Å². The predicted molar refractivity (Wildman–Crippen MR) is 43.7 cm³/mol. The van der Waals surface area contributed by atoms with Crippen LogP contribution in [0.2, 0.25) is 0 Å². The van der Waals surface area contributed by atoms with Crippen molar-refractivity contribution in [2.75, 3.05) is 0 Å². The van der Waals surface area contributed by atoms with Crippen LogP contribution in [-0.2, 0) is 0 Å². The quantitative estimate of drug-likeness (QED) is 0.657. The summed E-state index contributed by atoms with van der Waals surface area (Å²) in [7, 11) is 0. The Morgan fingerprint density at radius 2 is 1.58 bits per heavy atom.